The van der Waals surface area contributed by atoms with Crippen LogP contribution in [0, 0.1) is 11.7 Å². The van der Waals surface area contributed by atoms with E-state index < -0.39 is 12.0 Å². The summed E-state index contributed by atoms with van der Waals surface area (Å²) in [6.07, 6.45) is 5.16. The fourth-order valence-corrected chi connectivity index (χ4v) is 4.69. The van der Waals surface area contributed by atoms with E-state index in [2.05, 4.69) is 39.1 Å². The third kappa shape index (κ3) is 3.48. The molecule has 2 fully saturated rings. The summed E-state index contributed by atoms with van der Waals surface area (Å²) in [7, 11) is 0. The molecular weight excluding hydrogens is 402 g/mol. The van der Waals surface area contributed by atoms with Crippen molar-refractivity contribution in [3.63, 3.8) is 0 Å². The fraction of sp³-hybridized carbons (Fsp3) is 0.364. The smallest absolute Gasteiger partial charge is 0.177 e. The van der Waals surface area contributed by atoms with Crippen molar-refractivity contribution in [2.24, 2.45) is 5.92 Å². The first-order chi connectivity index (χ1) is 14.8. The average molecular weight is 424 g/mol. The second kappa shape index (κ2) is 7.19. The second-order valence-electron chi connectivity index (χ2n) is 8.60. The molecule has 2 bridgehead atoms. The van der Waals surface area contributed by atoms with Crippen molar-refractivity contribution < 1.29 is 13.9 Å². The van der Waals surface area contributed by atoms with Crippen LogP contribution in [0.4, 0.5) is 8.78 Å². The van der Waals surface area contributed by atoms with Crippen LogP contribution >= 0.6 is 0 Å². The number of phenolic OH excluding ortho intramolecular Hbond substituents is 1. The zero-order valence-electron chi connectivity index (χ0n) is 17.0. The van der Waals surface area contributed by atoms with Crippen molar-refractivity contribution in [2.75, 3.05) is 0 Å². The maximum atomic E-state index is 15.0. The minimum Gasteiger partial charge on any atom is -0.507 e. The van der Waals surface area contributed by atoms with Crippen LogP contribution in [0.2, 0.25) is 0 Å². The molecule has 4 atom stereocenters. The van der Waals surface area contributed by atoms with Crippen molar-refractivity contribution in [2.45, 2.75) is 43.9 Å². The average Bonchev–Trinajstić information content (AvgIpc) is 3.34. The van der Waals surface area contributed by atoms with E-state index in [1.165, 1.54) is 23.1 Å². The van der Waals surface area contributed by atoms with E-state index in [-0.39, 0.29) is 23.2 Å². The molecule has 31 heavy (non-hydrogen) atoms. The fourth-order valence-electron chi connectivity index (χ4n) is 4.69. The number of fused-ring (bicyclic) bond motifs is 2. The molecular formula is C22H22F2N6O. The van der Waals surface area contributed by atoms with Gasteiger partial charge in [0, 0.05) is 29.1 Å². The van der Waals surface area contributed by atoms with Crippen molar-refractivity contribution in [1.82, 2.24) is 30.3 Å². The zero-order chi connectivity index (χ0) is 21.8. The summed E-state index contributed by atoms with van der Waals surface area (Å²) < 4.78 is 29.5. The Morgan fingerprint density at radius 2 is 2.16 bits per heavy atom. The first-order valence-corrected chi connectivity index (χ1v) is 10.2. The molecule has 3 aromatic rings. The molecule has 2 aromatic heterocycles. The van der Waals surface area contributed by atoms with Crippen LogP contribution in [0.15, 0.2) is 43.4 Å². The summed E-state index contributed by atoms with van der Waals surface area (Å²) in [5, 5.41) is 26.0. The quantitative estimate of drug-likeness (QED) is 0.667. The minimum atomic E-state index is -1.03. The zero-order valence-corrected chi connectivity index (χ0v) is 17.0. The van der Waals surface area contributed by atoms with E-state index in [0.29, 0.717) is 34.8 Å². The molecule has 0 saturated carbocycles. The highest BCUT2D eigenvalue weighted by Gasteiger charge is 2.49. The monoisotopic (exact) mass is 424 g/mol. The van der Waals surface area contributed by atoms with Gasteiger partial charge >= 0.3 is 0 Å². The number of allylic oxidation sites excluding steroid dienone is 1. The second-order valence-corrected chi connectivity index (χ2v) is 8.60. The van der Waals surface area contributed by atoms with Crippen LogP contribution in [0.3, 0.4) is 0 Å². The number of aromatic hydroxyl groups is 1. The number of piperidine rings is 1. The van der Waals surface area contributed by atoms with Crippen LogP contribution in [-0.2, 0) is 0 Å². The lowest BCUT2D eigenvalue weighted by atomic mass is 9.79. The highest BCUT2D eigenvalue weighted by atomic mass is 19.1. The number of benzene rings is 1. The topological polar surface area (TPSA) is 88.8 Å². The number of halogens is 2. The number of nitrogens with one attached hydrogen (secondary N) is 1. The summed E-state index contributed by atoms with van der Waals surface area (Å²) >= 11 is 0. The molecule has 9 heteroatoms. The van der Waals surface area contributed by atoms with Crippen molar-refractivity contribution >= 4 is 5.57 Å². The van der Waals surface area contributed by atoms with Gasteiger partial charge in [0.05, 0.1) is 24.3 Å². The van der Waals surface area contributed by atoms with Crippen molar-refractivity contribution in [3.8, 4) is 22.7 Å². The van der Waals surface area contributed by atoms with Gasteiger partial charge in [-0.1, -0.05) is 6.58 Å². The van der Waals surface area contributed by atoms with E-state index in [4.69, 9.17) is 0 Å². The SMILES string of the molecule is C=C(c1ncc(-c2ccc(-n3cc(F)cn3)cc2O)nn1)[C@H]1C[C@]2(C)CCC(N2)[C@H]1F. The van der Waals surface area contributed by atoms with Gasteiger partial charge < -0.3 is 10.4 Å². The number of rotatable bonds is 4. The standard InChI is InChI=1S/C22H22F2N6O/c1-12(16-8-22(2)6-5-17(27-22)20(16)24)21-25-10-18(28-29-21)15-4-3-14(7-19(15)31)30-11-13(23)9-26-30/h3-4,7,9-11,16-17,20,27,31H,1,5-6,8H2,2H3/t16-,17?,20+,22+/m1/s1. The number of nitrogens with zero attached hydrogens (tertiary/aromatic N) is 5. The highest BCUT2D eigenvalue weighted by Crippen LogP contribution is 2.44. The summed E-state index contributed by atoms with van der Waals surface area (Å²) in [5.41, 5.74) is 1.75. The Morgan fingerprint density at radius 1 is 1.32 bits per heavy atom. The minimum absolute atomic E-state index is 0.0669. The van der Waals surface area contributed by atoms with Gasteiger partial charge in [-0.2, -0.15) is 5.10 Å². The summed E-state index contributed by atoms with van der Waals surface area (Å²) in [6, 6.07) is 4.60. The lowest BCUT2D eigenvalue weighted by Crippen LogP contribution is -2.53. The lowest BCUT2D eigenvalue weighted by Gasteiger charge is -2.39. The number of aromatic nitrogens is 5. The summed E-state index contributed by atoms with van der Waals surface area (Å²) in [6.45, 7) is 6.19. The van der Waals surface area contributed by atoms with Crippen molar-refractivity contribution in [3.05, 3.63) is 55.0 Å². The Bertz CT molecular complexity index is 1150. The maximum Gasteiger partial charge on any atom is 0.177 e. The Morgan fingerprint density at radius 3 is 2.84 bits per heavy atom. The first kappa shape index (κ1) is 19.7. The lowest BCUT2D eigenvalue weighted by molar-refractivity contribution is 0.135. The third-order valence-electron chi connectivity index (χ3n) is 6.35. The third-order valence-corrected chi connectivity index (χ3v) is 6.35. The van der Waals surface area contributed by atoms with E-state index in [0.717, 1.165) is 19.0 Å². The van der Waals surface area contributed by atoms with Crippen LogP contribution < -0.4 is 5.32 Å². The Kier molecular flexibility index (Phi) is 4.58. The molecule has 2 aliphatic heterocycles. The van der Waals surface area contributed by atoms with E-state index >= 15 is 0 Å². The Balaban J connectivity index is 1.37. The molecule has 0 radical (unpaired) electrons. The van der Waals surface area contributed by atoms with Gasteiger partial charge in [0.15, 0.2) is 11.6 Å². The molecule has 0 spiro atoms. The molecule has 0 amide bonds. The van der Waals surface area contributed by atoms with Crippen molar-refractivity contribution in [1.29, 1.82) is 0 Å². The maximum absolute atomic E-state index is 15.0. The Labute approximate surface area is 177 Å². The highest BCUT2D eigenvalue weighted by molar-refractivity contribution is 5.68. The number of hydrogen-bond donors (Lipinski definition) is 2. The molecule has 2 aliphatic rings. The van der Waals surface area contributed by atoms with E-state index in [1.807, 2.05) is 0 Å². The molecule has 5 rings (SSSR count). The van der Waals surface area contributed by atoms with Crippen LogP contribution in [0.25, 0.3) is 22.5 Å². The predicted molar refractivity (Wildman–Crippen MR) is 111 cm³/mol. The molecule has 7 nitrogen and oxygen atoms in total. The van der Waals surface area contributed by atoms with Gasteiger partial charge in [0.25, 0.3) is 0 Å². The molecule has 1 aromatic carbocycles. The molecule has 4 heterocycles. The van der Waals surface area contributed by atoms with Gasteiger partial charge in [-0.25, -0.2) is 18.4 Å². The summed E-state index contributed by atoms with van der Waals surface area (Å²) in [4.78, 5) is 4.34. The molecule has 160 valence electrons. The largest absolute Gasteiger partial charge is 0.507 e. The van der Waals surface area contributed by atoms with Gasteiger partial charge in [0.1, 0.15) is 17.6 Å². The van der Waals surface area contributed by atoms with Gasteiger partial charge in [-0.15, -0.1) is 10.2 Å². The normalized spacial score (nSPS) is 27.4. The van der Waals surface area contributed by atoms with Crippen LogP contribution in [-0.4, -0.2) is 47.8 Å². The van der Waals surface area contributed by atoms with Gasteiger partial charge in [-0.3, -0.25) is 0 Å². The Hall–Kier alpha value is -3.20. The predicted octanol–water partition coefficient (Wildman–Crippen LogP) is 3.45. The van der Waals surface area contributed by atoms with Crippen LogP contribution in [0.5, 0.6) is 5.75 Å². The molecule has 1 unspecified atom stereocenters. The number of phenols is 1. The first-order valence-electron chi connectivity index (χ1n) is 10.2. The molecule has 0 aliphatic carbocycles. The van der Waals surface area contributed by atoms with E-state index in [1.54, 1.807) is 12.1 Å². The summed E-state index contributed by atoms with van der Waals surface area (Å²) in [5.74, 6) is -0.582. The molecule has 2 saturated heterocycles. The van der Waals surface area contributed by atoms with Gasteiger partial charge in [0.2, 0.25) is 0 Å². The number of hydrogen-bond acceptors (Lipinski definition) is 6. The van der Waals surface area contributed by atoms with Gasteiger partial charge in [-0.05, 0) is 43.9 Å². The van der Waals surface area contributed by atoms with Crippen LogP contribution in [0.1, 0.15) is 32.0 Å². The molecule has 2 N–H and O–H groups in total. The van der Waals surface area contributed by atoms with E-state index in [9.17, 15) is 13.9 Å². The number of alkyl halides is 1.